The van der Waals surface area contributed by atoms with Gasteiger partial charge in [-0.1, -0.05) is 35.9 Å². The number of thioether (sulfide) groups is 1. The molecule has 142 valence electrons. The maximum atomic E-state index is 13.4. The van der Waals surface area contributed by atoms with Gasteiger partial charge in [-0.05, 0) is 44.0 Å². The molecule has 3 nitrogen and oxygen atoms in total. The van der Waals surface area contributed by atoms with Crippen LogP contribution >= 0.6 is 11.8 Å². The van der Waals surface area contributed by atoms with E-state index in [0.717, 1.165) is 17.3 Å². The summed E-state index contributed by atoms with van der Waals surface area (Å²) in [4.78, 5) is 0.547. The molecule has 0 aromatic heterocycles. The van der Waals surface area contributed by atoms with Gasteiger partial charge >= 0.3 is 6.18 Å². The monoisotopic (exact) mass is 403 g/mol. The van der Waals surface area contributed by atoms with E-state index in [1.54, 1.807) is 63.2 Å². The van der Waals surface area contributed by atoms with Crippen LogP contribution in [-0.4, -0.2) is 26.4 Å². The van der Waals surface area contributed by atoms with Crippen LogP contribution in [0.3, 0.4) is 0 Å². The Labute approximate surface area is 156 Å². The van der Waals surface area contributed by atoms with Gasteiger partial charge in [-0.3, -0.25) is 0 Å². The van der Waals surface area contributed by atoms with Crippen LogP contribution in [0.5, 0.6) is 0 Å². The van der Waals surface area contributed by atoms with Crippen molar-refractivity contribution < 1.29 is 21.6 Å². The highest BCUT2D eigenvalue weighted by Crippen LogP contribution is 2.29. The lowest BCUT2D eigenvalue weighted by atomic mass is 10.1. The summed E-state index contributed by atoms with van der Waals surface area (Å²) in [5, 5.41) is 0. The summed E-state index contributed by atoms with van der Waals surface area (Å²) in [6.45, 7) is 4.96. The Bertz CT molecular complexity index is 843. The molecule has 26 heavy (non-hydrogen) atoms. The Morgan fingerprint density at radius 2 is 1.58 bits per heavy atom. The van der Waals surface area contributed by atoms with Gasteiger partial charge in [-0.2, -0.15) is 17.9 Å². The number of rotatable bonds is 6. The van der Waals surface area contributed by atoms with Crippen LogP contribution in [0.1, 0.15) is 16.7 Å². The van der Waals surface area contributed by atoms with Crippen LogP contribution in [0, 0.1) is 20.8 Å². The molecule has 0 radical (unpaired) electrons. The van der Waals surface area contributed by atoms with Crippen molar-refractivity contribution in [1.29, 1.82) is 0 Å². The molecular formula is C18H20F3NO2S2. The first-order valence-corrected chi connectivity index (χ1v) is 10.3. The molecule has 0 aliphatic heterocycles. The second-order valence-electron chi connectivity index (χ2n) is 6.07. The molecule has 2 rings (SSSR count). The zero-order chi connectivity index (χ0) is 19.5. The molecule has 2 aromatic rings. The molecule has 2 aromatic carbocycles. The van der Waals surface area contributed by atoms with Crippen molar-refractivity contribution in [3.8, 4) is 0 Å². The lowest BCUT2D eigenvalue weighted by Gasteiger charge is -2.22. The van der Waals surface area contributed by atoms with Crippen molar-refractivity contribution in [2.75, 3.05) is 5.75 Å². The SMILES string of the molecule is Cc1cc(C)c(S(=O)(=O)NC(CSc2ccccc2)C(F)(F)F)c(C)c1. The molecule has 0 fully saturated rings. The maximum Gasteiger partial charge on any atom is 0.405 e. The van der Waals surface area contributed by atoms with Gasteiger partial charge in [0.05, 0.1) is 4.90 Å². The Morgan fingerprint density at radius 1 is 1.04 bits per heavy atom. The van der Waals surface area contributed by atoms with Gasteiger partial charge < -0.3 is 0 Å². The van der Waals surface area contributed by atoms with Gasteiger partial charge in [-0.15, -0.1) is 11.8 Å². The van der Waals surface area contributed by atoms with E-state index in [4.69, 9.17) is 0 Å². The number of alkyl halides is 3. The van der Waals surface area contributed by atoms with E-state index < -0.39 is 28.0 Å². The number of aryl methyl sites for hydroxylation is 3. The zero-order valence-corrected chi connectivity index (χ0v) is 16.2. The van der Waals surface area contributed by atoms with Gasteiger partial charge in [0.15, 0.2) is 0 Å². The van der Waals surface area contributed by atoms with Crippen LogP contribution in [0.2, 0.25) is 0 Å². The fourth-order valence-corrected chi connectivity index (χ4v) is 5.49. The third-order valence-electron chi connectivity index (χ3n) is 3.73. The van der Waals surface area contributed by atoms with Crippen LogP contribution in [0.15, 0.2) is 52.3 Å². The van der Waals surface area contributed by atoms with Crippen LogP contribution < -0.4 is 4.72 Å². The first kappa shape index (κ1) is 20.8. The number of halogens is 3. The average Bonchev–Trinajstić information content (AvgIpc) is 2.50. The number of nitrogens with one attached hydrogen (secondary N) is 1. The Kier molecular flexibility index (Phi) is 6.42. The molecule has 0 heterocycles. The number of hydrogen-bond acceptors (Lipinski definition) is 3. The first-order valence-electron chi connectivity index (χ1n) is 7.85. The van der Waals surface area contributed by atoms with Gasteiger partial charge in [0.25, 0.3) is 0 Å². The van der Waals surface area contributed by atoms with Crippen molar-refractivity contribution >= 4 is 21.8 Å². The molecule has 0 bridgehead atoms. The highest BCUT2D eigenvalue weighted by atomic mass is 32.2. The second-order valence-corrected chi connectivity index (χ2v) is 8.81. The minimum atomic E-state index is -4.69. The molecule has 1 N–H and O–H groups in total. The van der Waals surface area contributed by atoms with Crippen LogP contribution in [0.25, 0.3) is 0 Å². The van der Waals surface area contributed by atoms with Crippen molar-refractivity contribution in [2.24, 2.45) is 0 Å². The van der Waals surface area contributed by atoms with Gasteiger partial charge in [0, 0.05) is 10.6 Å². The average molecular weight is 403 g/mol. The maximum absolute atomic E-state index is 13.4. The van der Waals surface area contributed by atoms with E-state index in [1.165, 1.54) is 0 Å². The lowest BCUT2D eigenvalue weighted by molar-refractivity contribution is -0.145. The smallest absolute Gasteiger partial charge is 0.207 e. The van der Waals surface area contributed by atoms with Gasteiger partial charge in [-0.25, -0.2) is 8.42 Å². The quantitative estimate of drug-likeness (QED) is 0.717. The zero-order valence-electron chi connectivity index (χ0n) is 14.6. The third kappa shape index (κ3) is 5.25. The summed E-state index contributed by atoms with van der Waals surface area (Å²) in [5.74, 6) is -0.448. The topological polar surface area (TPSA) is 46.2 Å². The van der Waals surface area contributed by atoms with Crippen molar-refractivity contribution in [3.63, 3.8) is 0 Å². The fourth-order valence-electron chi connectivity index (χ4n) is 2.73. The van der Waals surface area contributed by atoms with Crippen LogP contribution in [0.4, 0.5) is 13.2 Å². The first-order chi connectivity index (χ1) is 12.0. The molecule has 0 amide bonds. The summed E-state index contributed by atoms with van der Waals surface area (Å²) >= 11 is 0.955. The van der Waals surface area contributed by atoms with Crippen LogP contribution in [-0.2, 0) is 10.0 Å². The van der Waals surface area contributed by atoms with E-state index in [2.05, 4.69) is 0 Å². The highest BCUT2D eigenvalue weighted by Gasteiger charge is 2.42. The standard InChI is InChI=1S/C18H20F3NO2S2/c1-12-9-13(2)17(14(3)10-12)26(23,24)22-16(18(19,20)21)11-25-15-7-5-4-6-8-15/h4-10,16,22H,11H2,1-3H3. The fraction of sp³-hybridized carbons (Fsp3) is 0.333. The largest absolute Gasteiger partial charge is 0.405 e. The van der Waals surface area contributed by atoms with E-state index in [0.29, 0.717) is 16.0 Å². The van der Waals surface area contributed by atoms with Crippen molar-refractivity contribution in [2.45, 2.75) is 42.8 Å². The number of benzene rings is 2. The number of sulfonamides is 1. The lowest BCUT2D eigenvalue weighted by Crippen LogP contribution is -2.47. The van der Waals surface area contributed by atoms with E-state index in [-0.39, 0.29) is 4.90 Å². The Hall–Kier alpha value is -1.51. The van der Waals surface area contributed by atoms with Crippen molar-refractivity contribution in [1.82, 2.24) is 4.72 Å². The molecule has 0 aliphatic carbocycles. The van der Waals surface area contributed by atoms with E-state index >= 15 is 0 Å². The second kappa shape index (κ2) is 8.02. The molecule has 0 saturated heterocycles. The molecule has 0 saturated carbocycles. The van der Waals surface area contributed by atoms with Gasteiger partial charge in [0.2, 0.25) is 10.0 Å². The summed E-state index contributed by atoms with van der Waals surface area (Å²) in [6.07, 6.45) is -4.69. The number of hydrogen-bond donors (Lipinski definition) is 1. The minimum Gasteiger partial charge on any atom is -0.207 e. The molecular weight excluding hydrogens is 383 g/mol. The normalized spacial score (nSPS) is 13.6. The highest BCUT2D eigenvalue weighted by molar-refractivity contribution is 7.99. The minimum absolute atomic E-state index is 0.0953. The molecule has 1 unspecified atom stereocenters. The summed E-state index contributed by atoms with van der Waals surface area (Å²) in [6, 6.07) is 9.66. The van der Waals surface area contributed by atoms with E-state index in [1.807, 2.05) is 4.72 Å². The summed E-state index contributed by atoms with van der Waals surface area (Å²) in [5.41, 5.74) is 1.70. The summed E-state index contributed by atoms with van der Waals surface area (Å²) < 4.78 is 67.3. The van der Waals surface area contributed by atoms with E-state index in [9.17, 15) is 21.6 Å². The molecule has 0 spiro atoms. The molecule has 1 atom stereocenters. The predicted molar refractivity (Wildman–Crippen MR) is 98.0 cm³/mol. The summed E-state index contributed by atoms with van der Waals surface area (Å²) in [7, 11) is -4.31. The molecule has 8 heteroatoms. The Balaban J connectivity index is 2.27. The molecule has 0 aliphatic rings. The van der Waals surface area contributed by atoms with Gasteiger partial charge in [0.1, 0.15) is 6.04 Å². The van der Waals surface area contributed by atoms with Crippen molar-refractivity contribution in [3.05, 3.63) is 59.2 Å². The Morgan fingerprint density at radius 3 is 2.08 bits per heavy atom. The third-order valence-corrected chi connectivity index (χ3v) is 6.61. The predicted octanol–water partition coefficient (Wildman–Crippen LogP) is 4.61.